The summed E-state index contributed by atoms with van der Waals surface area (Å²) in [5, 5.41) is 11.3. The number of nitrogens with zero attached hydrogens (tertiary/aromatic N) is 1. The van der Waals surface area contributed by atoms with Crippen molar-refractivity contribution in [3.63, 3.8) is 0 Å². The average Bonchev–Trinajstić information content (AvgIpc) is 2.37. The standard InChI is InChI=1S/C16H22N2O3/c1-16(2,3)21-15(19)18-9-10-20-12-14-6-4-5-13(11-14)7-8-17/h4-6,11H,7,9-10,12H2,1-3H3,(H,18,19). The third-order valence-corrected chi connectivity index (χ3v) is 2.46. The second-order valence-electron chi connectivity index (χ2n) is 5.64. The summed E-state index contributed by atoms with van der Waals surface area (Å²) in [6.45, 7) is 6.70. The number of hydrogen-bond donors (Lipinski definition) is 1. The van der Waals surface area contributed by atoms with Crippen LogP contribution in [0, 0.1) is 11.3 Å². The Kier molecular flexibility index (Phi) is 6.70. The zero-order chi connectivity index (χ0) is 15.7. The molecule has 1 rings (SSSR count). The Labute approximate surface area is 125 Å². The SMILES string of the molecule is CC(C)(C)OC(=O)NCCOCc1cccc(CC#N)c1. The lowest BCUT2D eigenvalue weighted by molar-refractivity contribution is 0.0494. The lowest BCUT2D eigenvalue weighted by Crippen LogP contribution is -2.34. The summed E-state index contributed by atoms with van der Waals surface area (Å²) >= 11 is 0. The highest BCUT2D eigenvalue weighted by atomic mass is 16.6. The fourth-order valence-corrected chi connectivity index (χ4v) is 1.65. The smallest absolute Gasteiger partial charge is 0.407 e. The highest BCUT2D eigenvalue weighted by Gasteiger charge is 2.15. The Balaban J connectivity index is 2.21. The van der Waals surface area contributed by atoms with Gasteiger partial charge in [0.05, 0.1) is 25.7 Å². The van der Waals surface area contributed by atoms with Crippen LogP contribution in [0.15, 0.2) is 24.3 Å². The van der Waals surface area contributed by atoms with Gasteiger partial charge in [-0.3, -0.25) is 0 Å². The van der Waals surface area contributed by atoms with Crippen LogP contribution in [-0.2, 0) is 22.5 Å². The number of ether oxygens (including phenoxy) is 2. The second kappa shape index (κ2) is 8.28. The van der Waals surface area contributed by atoms with Crippen molar-refractivity contribution < 1.29 is 14.3 Å². The Morgan fingerprint density at radius 2 is 2.05 bits per heavy atom. The van der Waals surface area contributed by atoms with E-state index in [1.807, 2.05) is 45.0 Å². The van der Waals surface area contributed by atoms with Crippen LogP contribution in [0.3, 0.4) is 0 Å². The van der Waals surface area contributed by atoms with E-state index < -0.39 is 11.7 Å². The molecular formula is C16H22N2O3. The molecule has 114 valence electrons. The first kappa shape index (κ1) is 17.0. The van der Waals surface area contributed by atoms with E-state index >= 15 is 0 Å². The van der Waals surface area contributed by atoms with E-state index in [1.54, 1.807) is 0 Å². The summed E-state index contributed by atoms with van der Waals surface area (Å²) in [6, 6.07) is 9.83. The molecule has 5 nitrogen and oxygen atoms in total. The van der Waals surface area contributed by atoms with E-state index in [9.17, 15) is 4.79 Å². The predicted molar refractivity (Wildman–Crippen MR) is 79.7 cm³/mol. The van der Waals surface area contributed by atoms with Crippen LogP contribution < -0.4 is 5.32 Å². The van der Waals surface area contributed by atoms with Crippen LogP contribution in [0.2, 0.25) is 0 Å². The minimum atomic E-state index is -0.494. The zero-order valence-electron chi connectivity index (χ0n) is 12.8. The molecule has 1 amide bonds. The van der Waals surface area contributed by atoms with E-state index in [0.717, 1.165) is 11.1 Å². The molecule has 1 aromatic rings. The number of benzene rings is 1. The van der Waals surface area contributed by atoms with E-state index in [4.69, 9.17) is 14.7 Å². The van der Waals surface area contributed by atoms with Crippen LogP contribution in [0.25, 0.3) is 0 Å². The number of alkyl carbamates (subject to hydrolysis) is 1. The third kappa shape index (κ3) is 7.95. The topological polar surface area (TPSA) is 71.3 Å². The molecule has 0 fully saturated rings. The van der Waals surface area contributed by atoms with E-state index in [-0.39, 0.29) is 0 Å². The molecule has 1 N–H and O–H groups in total. The van der Waals surface area contributed by atoms with Crippen molar-refractivity contribution in [1.82, 2.24) is 5.32 Å². The fraction of sp³-hybridized carbons (Fsp3) is 0.500. The van der Waals surface area contributed by atoms with Gasteiger partial charge in [0.15, 0.2) is 0 Å². The Morgan fingerprint density at radius 1 is 1.33 bits per heavy atom. The minimum Gasteiger partial charge on any atom is -0.444 e. The van der Waals surface area contributed by atoms with Crippen molar-refractivity contribution >= 4 is 6.09 Å². The highest BCUT2D eigenvalue weighted by Crippen LogP contribution is 2.07. The van der Waals surface area contributed by atoms with Gasteiger partial charge in [-0.15, -0.1) is 0 Å². The zero-order valence-corrected chi connectivity index (χ0v) is 12.8. The molecule has 0 aliphatic heterocycles. The maximum Gasteiger partial charge on any atom is 0.407 e. The van der Waals surface area contributed by atoms with E-state index in [2.05, 4.69) is 11.4 Å². The summed E-state index contributed by atoms with van der Waals surface area (Å²) in [5.41, 5.74) is 1.50. The molecule has 0 spiro atoms. The van der Waals surface area contributed by atoms with Gasteiger partial charge < -0.3 is 14.8 Å². The monoisotopic (exact) mass is 290 g/mol. The summed E-state index contributed by atoms with van der Waals surface area (Å²) in [4.78, 5) is 11.4. The van der Waals surface area contributed by atoms with Gasteiger partial charge in [0.25, 0.3) is 0 Å². The van der Waals surface area contributed by atoms with Crippen molar-refractivity contribution in [2.45, 2.75) is 39.4 Å². The maximum absolute atomic E-state index is 11.4. The molecule has 0 bridgehead atoms. The number of amides is 1. The Hall–Kier alpha value is -2.06. The number of rotatable bonds is 6. The molecule has 0 unspecified atom stereocenters. The molecule has 0 aromatic heterocycles. The first-order chi connectivity index (χ1) is 9.90. The van der Waals surface area contributed by atoms with Gasteiger partial charge in [-0.05, 0) is 31.9 Å². The Bertz CT molecular complexity index is 501. The molecule has 0 heterocycles. The van der Waals surface area contributed by atoms with Gasteiger partial charge in [-0.1, -0.05) is 24.3 Å². The molecular weight excluding hydrogens is 268 g/mol. The molecule has 0 saturated carbocycles. The maximum atomic E-state index is 11.4. The highest BCUT2D eigenvalue weighted by molar-refractivity contribution is 5.67. The average molecular weight is 290 g/mol. The normalized spacial score (nSPS) is 10.8. The van der Waals surface area contributed by atoms with Crippen LogP contribution >= 0.6 is 0 Å². The summed E-state index contributed by atoms with van der Waals surface area (Å²) in [6.07, 6.45) is -0.0456. The summed E-state index contributed by atoms with van der Waals surface area (Å²) in [7, 11) is 0. The van der Waals surface area contributed by atoms with Crippen molar-refractivity contribution in [3.05, 3.63) is 35.4 Å². The molecule has 5 heteroatoms. The lowest BCUT2D eigenvalue weighted by atomic mass is 10.1. The first-order valence-electron chi connectivity index (χ1n) is 6.90. The number of carbonyl (C=O) groups is 1. The van der Waals surface area contributed by atoms with Crippen LogP contribution in [-0.4, -0.2) is 24.8 Å². The minimum absolute atomic E-state index is 0.396. The molecule has 0 atom stereocenters. The third-order valence-electron chi connectivity index (χ3n) is 2.46. The molecule has 0 aliphatic rings. The fourth-order valence-electron chi connectivity index (χ4n) is 1.65. The van der Waals surface area contributed by atoms with Gasteiger partial charge in [-0.2, -0.15) is 5.26 Å². The first-order valence-corrected chi connectivity index (χ1v) is 6.90. The van der Waals surface area contributed by atoms with E-state index in [1.165, 1.54) is 0 Å². The van der Waals surface area contributed by atoms with Gasteiger partial charge in [-0.25, -0.2) is 4.79 Å². The van der Waals surface area contributed by atoms with Crippen LogP contribution in [0.5, 0.6) is 0 Å². The molecule has 21 heavy (non-hydrogen) atoms. The van der Waals surface area contributed by atoms with Crippen molar-refractivity contribution in [2.24, 2.45) is 0 Å². The van der Waals surface area contributed by atoms with Gasteiger partial charge in [0, 0.05) is 6.54 Å². The largest absolute Gasteiger partial charge is 0.444 e. The number of carbonyl (C=O) groups excluding carboxylic acids is 1. The van der Waals surface area contributed by atoms with Crippen LogP contribution in [0.4, 0.5) is 4.79 Å². The van der Waals surface area contributed by atoms with Crippen molar-refractivity contribution in [1.29, 1.82) is 5.26 Å². The van der Waals surface area contributed by atoms with E-state index in [0.29, 0.717) is 26.2 Å². The predicted octanol–water partition coefficient (Wildman–Crippen LogP) is 2.79. The molecule has 1 aromatic carbocycles. The van der Waals surface area contributed by atoms with Crippen LogP contribution in [0.1, 0.15) is 31.9 Å². The molecule has 0 saturated heterocycles. The van der Waals surface area contributed by atoms with Crippen molar-refractivity contribution in [2.75, 3.05) is 13.2 Å². The molecule has 0 radical (unpaired) electrons. The summed E-state index contributed by atoms with van der Waals surface area (Å²) in [5.74, 6) is 0. The van der Waals surface area contributed by atoms with Gasteiger partial charge in [0.2, 0.25) is 0 Å². The van der Waals surface area contributed by atoms with Crippen molar-refractivity contribution in [3.8, 4) is 6.07 Å². The lowest BCUT2D eigenvalue weighted by Gasteiger charge is -2.19. The number of nitrogens with one attached hydrogen (secondary N) is 1. The second-order valence-corrected chi connectivity index (χ2v) is 5.64. The van der Waals surface area contributed by atoms with Gasteiger partial charge in [0.1, 0.15) is 5.60 Å². The Morgan fingerprint density at radius 3 is 2.71 bits per heavy atom. The summed E-state index contributed by atoms with van der Waals surface area (Å²) < 4.78 is 10.6. The quantitative estimate of drug-likeness (QED) is 0.818. The number of nitriles is 1. The number of hydrogen-bond acceptors (Lipinski definition) is 4. The molecule has 0 aliphatic carbocycles. The van der Waals surface area contributed by atoms with Gasteiger partial charge >= 0.3 is 6.09 Å².